The molecule has 0 aromatic heterocycles. The van der Waals surface area contributed by atoms with Crippen molar-refractivity contribution in [2.75, 3.05) is 19.7 Å². The van der Waals surface area contributed by atoms with Crippen LogP contribution < -0.4 is 5.32 Å². The molecule has 3 N–H and O–H groups in total. The van der Waals surface area contributed by atoms with Crippen molar-refractivity contribution in [3.05, 3.63) is 35.9 Å². The highest BCUT2D eigenvalue weighted by molar-refractivity contribution is 5.71. The van der Waals surface area contributed by atoms with Gasteiger partial charge in [0.15, 0.2) is 0 Å². The fourth-order valence-electron chi connectivity index (χ4n) is 1.19. The van der Waals surface area contributed by atoms with E-state index in [0.29, 0.717) is 0 Å². The molecule has 1 atom stereocenters. The van der Waals surface area contributed by atoms with E-state index in [2.05, 4.69) is 5.32 Å². The molecule has 0 spiro atoms. The first kappa shape index (κ1) is 13.6. The third-order valence-corrected chi connectivity index (χ3v) is 2.10. The number of hydrogen-bond acceptors (Lipinski definition) is 5. The average molecular weight is 239 g/mol. The van der Waals surface area contributed by atoms with Gasteiger partial charge in [-0.3, -0.25) is 4.79 Å². The second-order valence-electron chi connectivity index (χ2n) is 3.61. The molecule has 0 bridgehead atoms. The summed E-state index contributed by atoms with van der Waals surface area (Å²) < 4.78 is 5.00. The molecule has 0 fully saturated rings. The lowest BCUT2D eigenvalue weighted by atomic mass is 10.2. The quantitative estimate of drug-likeness (QED) is 0.568. The van der Waals surface area contributed by atoms with Gasteiger partial charge in [-0.25, -0.2) is 0 Å². The molecule has 17 heavy (non-hydrogen) atoms. The van der Waals surface area contributed by atoms with Crippen LogP contribution in [0.1, 0.15) is 5.56 Å². The highest BCUT2D eigenvalue weighted by atomic mass is 16.5. The van der Waals surface area contributed by atoms with Crippen LogP contribution in [0.15, 0.2) is 30.3 Å². The monoisotopic (exact) mass is 239 g/mol. The number of aliphatic hydroxyl groups excluding tert-OH is 2. The first-order chi connectivity index (χ1) is 8.22. The fourth-order valence-corrected chi connectivity index (χ4v) is 1.19. The molecule has 5 heteroatoms. The zero-order chi connectivity index (χ0) is 12.5. The van der Waals surface area contributed by atoms with Gasteiger partial charge in [0.05, 0.1) is 19.3 Å². The zero-order valence-electron chi connectivity index (χ0n) is 9.50. The second-order valence-corrected chi connectivity index (χ2v) is 3.61. The summed E-state index contributed by atoms with van der Waals surface area (Å²) in [5.74, 6) is -0.390. The number of nitrogens with one attached hydrogen (secondary N) is 1. The second kappa shape index (κ2) is 7.78. The molecule has 0 unspecified atom stereocenters. The van der Waals surface area contributed by atoms with Gasteiger partial charge in [0.2, 0.25) is 0 Å². The summed E-state index contributed by atoms with van der Waals surface area (Å²) >= 11 is 0. The largest absolute Gasteiger partial charge is 0.460 e. The molecule has 94 valence electrons. The van der Waals surface area contributed by atoms with Crippen LogP contribution in [0.4, 0.5) is 0 Å². The van der Waals surface area contributed by atoms with E-state index in [0.717, 1.165) is 5.56 Å². The first-order valence-corrected chi connectivity index (χ1v) is 5.41. The lowest BCUT2D eigenvalue weighted by molar-refractivity contribution is -0.143. The minimum atomic E-state index is -0.850. The number of aliphatic hydroxyl groups is 2. The predicted molar refractivity (Wildman–Crippen MR) is 62.2 cm³/mol. The topological polar surface area (TPSA) is 78.8 Å². The van der Waals surface area contributed by atoms with E-state index < -0.39 is 6.10 Å². The van der Waals surface area contributed by atoms with E-state index in [1.807, 2.05) is 30.3 Å². The highest BCUT2D eigenvalue weighted by Crippen LogP contribution is 2.00. The average Bonchev–Trinajstić information content (AvgIpc) is 2.37. The Kier molecular flexibility index (Phi) is 6.24. The van der Waals surface area contributed by atoms with Crippen molar-refractivity contribution in [3.63, 3.8) is 0 Å². The van der Waals surface area contributed by atoms with Gasteiger partial charge < -0.3 is 20.3 Å². The third-order valence-electron chi connectivity index (χ3n) is 2.10. The summed E-state index contributed by atoms with van der Waals surface area (Å²) in [6.45, 7) is 0.0940. The Balaban J connectivity index is 2.13. The SMILES string of the molecule is O=C(CNC[C@H](O)CO)OCc1ccccc1. The normalized spacial score (nSPS) is 12.1. The number of esters is 1. The predicted octanol–water partition coefficient (Wildman–Crippen LogP) is -0.327. The third kappa shape index (κ3) is 6.01. The number of rotatable bonds is 7. The summed E-state index contributed by atoms with van der Waals surface area (Å²) in [6, 6.07) is 9.38. The summed E-state index contributed by atoms with van der Waals surface area (Å²) in [5.41, 5.74) is 0.927. The maximum atomic E-state index is 11.3. The van der Waals surface area contributed by atoms with Gasteiger partial charge in [-0.2, -0.15) is 0 Å². The summed E-state index contributed by atoms with van der Waals surface area (Å²) in [7, 11) is 0. The van der Waals surface area contributed by atoms with Crippen molar-refractivity contribution in [1.29, 1.82) is 0 Å². The smallest absolute Gasteiger partial charge is 0.320 e. The molecule has 0 radical (unpaired) electrons. The highest BCUT2D eigenvalue weighted by Gasteiger charge is 2.05. The maximum Gasteiger partial charge on any atom is 0.320 e. The van der Waals surface area contributed by atoms with Crippen LogP contribution in [0.2, 0.25) is 0 Å². The van der Waals surface area contributed by atoms with E-state index in [4.69, 9.17) is 14.9 Å². The van der Waals surface area contributed by atoms with E-state index in [1.165, 1.54) is 0 Å². The standard InChI is InChI=1S/C12H17NO4/c14-8-11(15)6-13-7-12(16)17-9-10-4-2-1-3-5-10/h1-5,11,13-15H,6-9H2/t11-/m0/s1. The molecule has 0 aliphatic rings. The van der Waals surface area contributed by atoms with Crippen LogP contribution in [0.3, 0.4) is 0 Å². The number of carbonyl (C=O) groups excluding carboxylic acids is 1. The van der Waals surface area contributed by atoms with Gasteiger partial charge >= 0.3 is 5.97 Å². The van der Waals surface area contributed by atoms with Gasteiger partial charge in [-0.15, -0.1) is 0 Å². The Hall–Kier alpha value is -1.43. The van der Waals surface area contributed by atoms with Crippen molar-refractivity contribution < 1.29 is 19.7 Å². The summed E-state index contributed by atoms with van der Waals surface area (Å²) in [4.78, 5) is 11.3. The van der Waals surface area contributed by atoms with Crippen molar-refractivity contribution in [1.82, 2.24) is 5.32 Å². The van der Waals surface area contributed by atoms with Crippen LogP contribution in [-0.2, 0) is 16.1 Å². The Morgan fingerprint density at radius 1 is 1.35 bits per heavy atom. The molecule has 0 saturated carbocycles. The minimum absolute atomic E-state index is 0.0178. The van der Waals surface area contributed by atoms with E-state index in [1.54, 1.807) is 0 Å². The lowest BCUT2D eigenvalue weighted by Gasteiger charge is -2.08. The Labute approximate surface area is 100 Å². The van der Waals surface area contributed by atoms with Crippen molar-refractivity contribution >= 4 is 5.97 Å². The molecular weight excluding hydrogens is 222 g/mol. The molecule has 0 amide bonds. The van der Waals surface area contributed by atoms with Crippen LogP contribution in [0.5, 0.6) is 0 Å². The van der Waals surface area contributed by atoms with Gasteiger partial charge in [-0.1, -0.05) is 30.3 Å². The van der Waals surface area contributed by atoms with E-state index in [9.17, 15) is 4.79 Å². The molecular formula is C12H17NO4. The van der Waals surface area contributed by atoms with Crippen LogP contribution >= 0.6 is 0 Å². The van der Waals surface area contributed by atoms with Gasteiger partial charge in [0, 0.05) is 6.54 Å². The molecule has 0 heterocycles. The number of carbonyl (C=O) groups is 1. The summed E-state index contributed by atoms with van der Waals surface area (Å²) in [6.07, 6.45) is -0.850. The number of benzene rings is 1. The van der Waals surface area contributed by atoms with Crippen LogP contribution in [0.25, 0.3) is 0 Å². The molecule has 0 saturated heterocycles. The van der Waals surface area contributed by atoms with Gasteiger partial charge in [0.25, 0.3) is 0 Å². The Morgan fingerprint density at radius 3 is 2.71 bits per heavy atom. The fraction of sp³-hybridized carbons (Fsp3) is 0.417. The molecule has 1 rings (SSSR count). The van der Waals surface area contributed by atoms with Crippen molar-refractivity contribution in [3.8, 4) is 0 Å². The van der Waals surface area contributed by atoms with Crippen molar-refractivity contribution in [2.45, 2.75) is 12.7 Å². The molecule has 1 aromatic rings. The zero-order valence-corrected chi connectivity index (χ0v) is 9.50. The summed E-state index contributed by atoms with van der Waals surface area (Å²) in [5, 5.41) is 20.2. The minimum Gasteiger partial charge on any atom is -0.460 e. The number of ether oxygens (including phenoxy) is 1. The Morgan fingerprint density at radius 2 is 2.06 bits per heavy atom. The molecule has 1 aromatic carbocycles. The van der Waals surface area contributed by atoms with Gasteiger partial charge in [-0.05, 0) is 5.56 Å². The molecule has 0 aliphatic heterocycles. The van der Waals surface area contributed by atoms with E-state index >= 15 is 0 Å². The molecule has 5 nitrogen and oxygen atoms in total. The number of hydrogen-bond donors (Lipinski definition) is 3. The Bertz CT molecular complexity index is 329. The lowest BCUT2D eigenvalue weighted by Crippen LogP contribution is -2.33. The van der Waals surface area contributed by atoms with Crippen LogP contribution in [-0.4, -0.2) is 42.0 Å². The van der Waals surface area contributed by atoms with Gasteiger partial charge in [0.1, 0.15) is 6.61 Å². The van der Waals surface area contributed by atoms with E-state index in [-0.39, 0.29) is 32.3 Å². The molecule has 0 aliphatic carbocycles. The van der Waals surface area contributed by atoms with Crippen molar-refractivity contribution in [2.24, 2.45) is 0 Å². The first-order valence-electron chi connectivity index (χ1n) is 5.41. The van der Waals surface area contributed by atoms with Crippen LogP contribution in [0, 0.1) is 0 Å². The maximum absolute atomic E-state index is 11.3.